The smallest absolute Gasteiger partial charge is 0.412 e. The van der Waals surface area contributed by atoms with Gasteiger partial charge in [0.2, 0.25) is 25.0 Å². The molecule has 200 valence electrons. The molecule has 5 rings (SSSR count). The SMILES string of the molecule is C[Si](C)(O[Si](O[Si](C)(C)c1ccccc1)(O[Si](C)(C)c1ccccc1)C1CC2C=CC1C2)c1ccccc1. The standard InChI is InChI=1S/C31H42O3Si4/c1-35(2,28-16-10-7-11-17-28)32-38(31-25-26-22-23-27(31)24-26,33-36(3,4)29-18-12-8-13-19-29)34-37(5,6)30-20-14-9-15-21-30/h7-23,26-27,31H,24-25H2,1-6H3. The van der Waals surface area contributed by atoms with Gasteiger partial charge in [0.15, 0.2) is 0 Å². The molecule has 2 aliphatic rings. The van der Waals surface area contributed by atoms with Crippen LogP contribution >= 0.6 is 0 Å². The van der Waals surface area contributed by atoms with Crippen molar-refractivity contribution < 1.29 is 12.3 Å². The first-order valence-electron chi connectivity index (χ1n) is 14.0. The zero-order valence-corrected chi connectivity index (χ0v) is 27.7. The van der Waals surface area contributed by atoms with Crippen LogP contribution in [0.5, 0.6) is 0 Å². The van der Waals surface area contributed by atoms with E-state index in [0.717, 1.165) is 6.42 Å². The summed E-state index contributed by atoms with van der Waals surface area (Å²) < 4.78 is 22.9. The Labute approximate surface area is 233 Å². The Balaban J connectivity index is 1.64. The monoisotopic (exact) mass is 574 g/mol. The van der Waals surface area contributed by atoms with Crippen LogP contribution in [0, 0.1) is 11.8 Å². The second kappa shape index (κ2) is 10.6. The predicted molar refractivity (Wildman–Crippen MR) is 169 cm³/mol. The third-order valence-corrected chi connectivity index (χ3v) is 24.6. The van der Waals surface area contributed by atoms with E-state index in [0.29, 0.717) is 17.4 Å². The third kappa shape index (κ3) is 5.70. The lowest BCUT2D eigenvalue weighted by Crippen LogP contribution is -2.70. The van der Waals surface area contributed by atoms with Gasteiger partial charge in [-0.05, 0) is 79.5 Å². The summed E-state index contributed by atoms with van der Waals surface area (Å²) in [6, 6.07) is 32.4. The largest absolute Gasteiger partial charge is 0.474 e. The van der Waals surface area contributed by atoms with Gasteiger partial charge in [-0.1, -0.05) is 103 Å². The Morgan fingerprint density at radius 1 is 0.500 bits per heavy atom. The summed E-state index contributed by atoms with van der Waals surface area (Å²) >= 11 is 0. The Morgan fingerprint density at radius 2 is 0.868 bits per heavy atom. The molecular weight excluding hydrogens is 533 g/mol. The van der Waals surface area contributed by atoms with E-state index < -0.39 is 33.8 Å². The maximum absolute atomic E-state index is 7.63. The first kappa shape index (κ1) is 27.7. The molecule has 0 N–H and O–H groups in total. The van der Waals surface area contributed by atoms with Crippen molar-refractivity contribution in [1.82, 2.24) is 0 Å². The number of hydrogen-bond donors (Lipinski definition) is 0. The van der Waals surface area contributed by atoms with Crippen LogP contribution in [0.3, 0.4) is 0 Å². The van der Waals surface area contributed by atoms with E-state index in [1.54, 1.807) is 0 Å². The zero-order valence-electron chi connectivity index (χ0n) is 23.7. The Morgan fingerprint density at radius 3 is 1.16 bits per heavy atom. The molecule has 2 bridgehead atoms. The van der Waals surface area contributed by atoms with Crippen molar-refractivity contribution in [3.8, 4) is 0 Å². The van der Waals surface area contributed by atoms with Gasteiger partial charge in [0.05, 0.1) is 0 Å². The van der Waals surface area contributed by atoms with Gasteiger partial charge in [-0.2, -0.15) is 0 Å². The summed E-state index contributed by atoms with van der Waals surface area (Å²) in [6.07, 6.45) is 7.15. The van der Waals surface area contributed by atoms with Crippen molar-refractivity contribution in [3.05, 3.63) is 103 Å². The molecule has 0 aromatic heterocycles. The predicted octanol–water partition coefficient (Wildman–Crippen LogP) is 6.28. The second-order valence-electron chi connectivity index (χ2n) is 12.4. The summed E-state index contributed by atoms with van der Waals surface area (Å²) in [6.45, 7) is 14.0. The molecule has 0 heterocycles. The molecular formula is C31H42O3Si4. The fourth-order valence-electron chi connectivity index (χ4n) is 6.24. The van der Waals surface area contributed by atoms with Crippen LogP contribution in [0.15, 0.2) is 103 Å². The highest BCUT2D eigenvalue weighted by molar-refractivity contribution is 6.99. The Hall–Kier alpha value is -1.85. The highest BCUT2D eigenvalue weighted by Gasteiger charge is 2.62. The molecule has 0 spiro atoms. The number of benzene rings is 3. The van der Waals surface area contributed by atoms with Gasteiger partial charge in [0.25, 0.3) is 0 Å². The lowest BCUT2D eigenvalue weighted by molar-refractivity contribution is 0.230. The average molecular weight is 575 g/mol. The number of allylic oxidation sites excluding steroid dienone is 2. The number of fused-ring (bicyclic) bond motifs is 2. The molecule has 3 aromatic carbocycles. The molecule has 3 unspecified atom stereocenters. The van der Waals surface area contributed by atoms with Crippen molar-refractivity contribution >= 4 is 49.3 Å². The number of rotatable bonds is 10. The van der Waals surface area contributed by atoms with Gasteiger partial charge in [-0.25, -0.2) is 0 Å². The average Bonchev–Trinajstić information content (AvgIpc) is 3.54. The van der Waals surface area contributed by atoms with E-state index in [2.05, 4.69) is 142 Å². The summed E-state index contributed by atoms with van der Waals surface area (Å²) in [4.78, 5) is 0. The quantitative estimate of drug-likeness (QED) is 0.211. The van der Waals surface area contributed by atoms with Gasteiger partial charge in [0.1, 0.15) is 0 Å². The van der Waals surface area contributed by atoms with Gasteiger partial charge in [0, 0.05) is 5.54 Å². The van der Waals surface area contributed by atoms with Gasteiger partial charge < -0.3 is 12.3 Å². The van der Waals surface area contributed by atoms with Gasteiger partial charge in [-0.15, -0.1) is 0 Å². The van der Waals surface area contributed by atoms with Crippen LogP contribution in [0.2, 0.25) is 44.8 Å². The van der Waals surface area contributed by atoms with Crippen LogP contribution in [-0.4, -0.2) is 33.8 Å². The van der Waals surface area contributed by atoms with E-state index in [1.807, 2.05) is 0 Å². The minimum Gasteiger partial charge on any atom is -0.412 e. The topological polar surface area (TPSA) is 27.7 Å². The lowest BCUT2D eigenvalue weighted by Gasteiger charge is -2.49. The molecule has 1 saturated carbocycles. The maximum Gasteiger partial charge on any atom is 0.474 e. The van der Waals surface area contributed by atoms with E-state index in [1.165, 1.54) is 22.0 Å². The second-order valence-corrected chi connectivity index (χ2v) is 27.6. The zero-order chi connectivity index (χ0) is 27.0. The first-order chi connectivity index (χ1) is 18.0. The van der Waals surface area contributed by atoms with Crippen LogP contribution in [0.25, 0.3) is 0 Å². The van der Waals surface area contributed by atoms with E-state index in [4.69, 9.17) is 12.3 Å². The minimum atomic E-state index is -3.24. The fourth-order valence-corrected chi connectivity index (χ4v) is 24.0. The van der Waals surface area contributed by atoms with Crippen molar-refractivity contribution in [2.45, 2.75) is 57.7 Å². The lowest BCUT2D eigenvalue weighted by atomic mass is 10.1. The van der Waals surface area contributed by atoms with Crippen LogP contribution < -0.4 is 15.6 Å². The summed E-state index contributed by atoms with van der Waals surface area (Å²) in [7, 11) is -10.4. The molecule has 38 heavy (non-hydrogen) atoms. The van der Waals surface area contributed by atoms with Gasteiger partial charge >= 0.3 is 8.80 Å². The summed E-state index contributed by atoms with van der Waals surface area (Å²) in [5.74, 6) is 1.07. The molecule has 3 nitrogen and oxygen atoms in total. The molecule has 0 amide bonds. The first-order valence-corrected chi connectivity index (χ1v) is 24.5. The Kier molecular flexibility index (Phi) is 7.74. The molecule has 0 saturated heterocycles. The minimum absolute atomic E-state index is 0.291. The van der Waals surface area contributed by atoms with Crippen LogP contribution in [0.4, 0.5) is 0 Å². The number of hydrogen-bond acceptors (Lipinski definition) is 3. The molecule has 1 fully saturated rings. The molecule has 0 aliphatic heterocycles. The van der Waals surface area contributed by atoms with E-state index >= 15 is 0 Å². The molecule has 3 atom stereocenters. The highest BCUT2D eigenvalue weighted by atomic mass is 28.5. The van der Waals surface area contributed by atoms with Gasteiger partial charge in [-0.3, -0.25) is 0 Å². The van der Waals surface area contributed by atoms with E-state index in [9.17, 15) is 0 Å². The summed E-state index contributed by atoms with van der Waals surface area (Å²) in [5.41, 5.74) is 0.291. The normalized spacial score (nSPS) is 21.7. The molecule has 2 aliphatic carbocycles. The fraction of sp³-hybridized carbons (Fsp3) is 0.355. The van der Waals surface area contributed by atoms with E-state index in [-0.39, 0.29) is 0 Å². The van der Waals surface area contributed by atoms with Crippen molar-refractivity contribution in [3.63, 3.8) is 0 Å². The summed E-state index contributed by atoms with van der Waals surface area (Å²) in [5, 5.41) is 3.88. The van der Waals surface area contributed by atoms with Crippen molar-refractivity contribution in [2.24, 2.45) is 11.8 Å². The highest BCUT2D eigenvalue weighted by Crippen LogP contribution is 2.54. The Bertz CT molecular complexity index is 1120. The van der Waals surface area contributed by atoms with Crippen molar-refractivity contribution in [2.75, 3.05) is 0 Å². The molecule has 7 heteroatoms. The van der Waals surface area contributed by atoms with Crippen LogP contribution in [-0.2, 0) is 12.3 Å². The van der Waals surface area contributed by atoms with Crippen molar-refractivity contribution in [1.29, 1.82) is 0 Å². The van der Waals surface area contributed by atoms with Crippen LogP contribution in [0.1, 0.15) is 12.8 Å². The molecule has 3 aromatic rings. The maximum atomic E-state index is 7.63. The third-order valence-electron chi connectivity index (χ3n) is 8.33. The molecule has 0 radical (unpaired) electrons.